The lowest BCUT2D eigenvalue weighted by atomic mass is 10.2. The quantitative estimate of drug-likeness (QED) is 0.753. The minimum atomic E-state index is -0.0203. The molecular weight excluding hydrogens is 238 g/mol. The van der Waals surface area contributed by atoms with Crippen molar-refractivity contribution in [1.82, 2.24) is 14.8 Å². The zero-order valence-electron chi connectivity index (χ0n) is 10.5. The molecule has 4 nitrogen and oxygen atoms in total. The molecule has 0 aliphatic rings. The summed E-state index contributed by atoms with van der Waals surface area (Å²) in [5, 5.41) is 0.345. The molecule has 0 aromatic carbocycles. The summed E-state index contributed by atoms with van der Waals surface area (Å²) in [6, 6.07) is 3.27. The summed E-state index contributed by atoms with van der Waals surface area (Å²) in [7, 11) is 5.83. The Kier molecular flexibility index (Phi) is 5.38. The second-order valence-electron chi connectivity index (χ2n) is 4.25. The number of halogens is 1. The van der Waals surface area contributed by atoms with Crippen LogP contribution in [0.2, 0.25) is 5.15 Å². The maximum absolute atomic E-state index is 12.0. The Morgan fingerprint density at radius 1 is 1.35 bits per heavy atom. The second kappa shape index (κ2) is 6.57. The fourth-order valence-corrected chi connectivity index (χ4v) is 1.66. The van der Waals surface area contributed by atoms with Crippen LogP contribution in [0, 0.1) is 0 Å². The lowest BCUT2D eigenvalue weighted by Crippen LogP contribution is -2.29. The number of nitrogens with zero attached hydrogens (tertiary/aromatic N) is 3. The Bertz CT molecular complexity index is 382. The van der Waals surface area contributed by atoms with Crippen LogP contribution in [-0.2, 0) is 0 Å². The molecule has 5 heteroatoms. The van der Waals surface area contributed by atoms with E-state index in [4.69, 9.17) is 11.6 Å². The van der Waals surface area contributed by atoms with Crippen molar-refractivity contribution in [3.05, 3.63) is 29.0 Å². The van der Waals surface area contributed by atoms with E-state index in [1.807, 2.05) is 14.1 Å². The van der Waals surface area contributed by atoms with Crippen LogP contribution in [0.1, 0.15) is 16.8 Å². The average molecular weight is 256 g/mol. The molecule has 0 saturated carbocycles. The predicted molar refractivity (Wildman–Crippen MR) is 69.4 cm³/mol. The summed E-state index contributed by atoms with van der Waals surface area (Å²) in [5.74, 6) is -0.0203. The number of amides is 1. The van der Waals surface area contributed by atoms with Gasteiger partial charge in [-0.15, -0.1) is 0 Å². The number of carbonyl (C=O) groups excluding carboxylic acids is 1. The molecule has 0 aliphatic heterocycles. The van der Waals surface area contributed by atoms with Crippen molar-refractivity contribution in [2.24, 2.45) is 0 Å². The number of aromatic nitrogens is 1. The fourth-order valence-electron chi connectivity index (χ4n) is 1.48. The average Bonchev–Trinajstić information content (AvgIpc) is 2.27. The normalized spacial score (nSPS) is 10.6. The third-order valence-corrected chi connectivity index (χ3v) is 2.63. The van der Waals surface area contributed by atoms with Gasteiger partial charge in [0.05, 0.1) is 0 Å². The molecule has 17 heavy (non-hydrogen) atoms. The third-order valence-electron chi connectivity index (χ3n) is 2.42. The van der Waals surface area contributed by atoms with Crippen LogP contribution in [0.15, 0.2) is 18.3 Å². The van der Waals surface area contributed by atoms with Gasteiger partial charge in [-0.3, -0.25) is 4.79 Å². The molecule has 0 unspecified atom stereocenters. The van der Waals surface area contributed by atoms with Gasteiger partial charge in [0.15, 0.2) is 0 Å². The summed E-state index contributed by atoms with van der Waals surface area (Å²) in [4.78, 5) is 19.7. The number of hydrogen-bond donors (Lipinski definition) is 0. The highest BCUT2D eigenvalue weighted by Crippen LogP contribution is 2.09. The van der Waals surface area contributed by atoms with Gasteiger partial charge in [0, 0.05) is 25.4 Å². The van der Waals surface area contributed by atoms with Gasteiger partial charge >= 0.3 is 0 Å². The zero-order chi connectivity index (χ0) is 12.8. The lowest BCUT2D eigenvalue weighted by molar-refractivity contribution is 0.0790. The number of hydrogen-bond acceptors (Lipinski definition) is 3. The monoisotopic (exact) mass is 255 g/mol. The molecule has 0 fully saturated rings. The molecule has 94 valence electrons. The number of carbonyl (C=O) groups is 1. The van der Waals surface area contributed by atoms with Gasteiger partial charge in [0.25, 0.3) is 5.91 Å². The first-order valence-electron chi connectivity index (χ1n) is 5.52. The van der Waals surface area contributed by atoms with Crippen molar-refractivity contribution in [3.63, 3.8) is 0 Å². The smallest absolute Gasteiger partial charge is 0.253 e. The standard InChI is InChI=1S/C12H18ClN3O/c1-15(2)7-4-8-16(3)12(17)10-5-6-14-11(13)9-10/h5-6,9H,4,7-8H2,1-3H3. The molecule has 1 aromatic rings. The van der Waals surface area contributed by atoms with Crippen LogP contribution in [0.4, 0.5) is 0 Å². The Hall–Kier alpha value is -1.13. The maximum atomic E-state index is 12.0. The second-order valence-corrected chi connectivity index (χ2v) is 4.64. The Labute approximate surface area is 107 Å². The lowest BCUT2D eigenvalue weighted by Gasteiger charge is -2.18. The van der Waals surface area contributed by atoms with E-state index in [9.17, 15) is 4.79 Å². The van der Waals surface area contributed by atoms with Crippen LogP contribution in [-0.4, -0.2) is 54.9 Å². The first-order valence-corrected chi connectivity index (χ1v) is 5.90. The van der Waals surface area contributed by atoms with Crippen LogP contribution in [0.25, 0.3) is 0 Å². The molecule has 0 spiro atoms. The molecule has 1 amide bonds. The molecule has 1 aromatic heterocycles. The van der Waals surface area contributed by atoms with Gasteiger partial charge in [0.2, 0.25) is 0 Å². The van der Waals surface area contributed by atoms with E-state index >= 15 is 0 Å². The van der Waals surface area contributed by atoms with E-state index < -0.39 is 0 Å². The van der Waals surface area contributed by atoms with E-state index in [2.05, 4.69) is 9.88 Å². The van der Waals surface area contributed by atoms with Crippen molar-refractivity contribution in [2.75, 3.05) is 34.2 Å². The zero-order valence-corrected chi connectivity index (χ0v) is 11.2. The van der Waals surface area contributed by atoms with E-state index in [0.717, 1.165) is 19.5 Å². The summed E-state index contributed by atoms with van der Waals surface area (Å²) in [5.41, 5.74) is 0.581. The molecule has 1 heterocycles. The number of pyridine rings is 1. The predicted octanol–water partition coefficient (Wildman–Crippen LogP) is 1.76. The van der Waals surface area contributed by atoms with Crippen molar-refractivity contribution in [2.45, 2.75) is 6.42 Å². The minimum absolute atomic E-state index is 0.0203. The molecule has 0 aliphatic carbocycles. The highest BCUT2D eigenvalue weighted by atomic mass is 35.5. The Morgan fingerprint density at radius 3 is 2.65 bits per heavy atom. The van der Waals surface area contributed by atoms with Crippen molar-refractivity contribution >= 4 is 17.5 Å². The fraction of sp³-hybridized carbons (Fsp3) is 0.500. The van der Waals surface area contributed by atoms with Gasteiger partial charge in [-0.05, 0) is 39.2 Å². The van der Waals surface area contributed by atoms with Gasteiger partial charge < -0.3 is 9.80 Å². The molecule has 0 atom stereocenters. The highest BCUT2D eigenvalue weighted by Gasteiger charge is 2.11. The van der Waals surface area contributed by atoms with E-state index in [-0.39, 0.29) is 5.91 Å². The van der Waals surface area contributed by atoms with E-state index in [0.29, 0.717) is 10.7 Å². The summed E-state index contributed by atoms with van der Waals surface area (Å²) >= 11 is 5.75. The first-order chi connectivity index (χ1) is 8.00. The summed E-state index contributed by atoms with van der Waals surface area (Å²) in [6.45, 7) is 1.70. The molecular formula is C12H18ClN3O. The highest BCUT2D eigenvalue weighted by molar-refractivity contribution is 6.29. The van der Waals surface area contributed by atoms with Crippen molar-refractivity contribution in [1.29, 1.82) is 0 Å². The largest absolute Gasteiger partial charge is 0.342 e. The summed E-state index contributed by atoms with van der Waals surface area (Å²) in [6.07, 6.45) is 2.50. The van der Waals surface area contributed by atoms with Gasteiger partial charge in [-0.1, -0.05) is 11.6 Å². The van der Waals surface area contributed by atoms with Crippen molar-refractivity contribution in [3.8, 4) is 0 Å². The van der Waals surface area contributed by atoms with E-state index in [1.165, 1.54) is 0 Å². The third kappa shape index (κ3) is 4.71. The van der Waals surface area contributed by atoms with Crippen LogP contribution in [0.3, 0.4) is 0 Å². The first kappa shape index (κ1) is 13.9. The molecule has 0 bridgehead atoms. The SMILES string of the molecule is CN(C)CCCN(C)C(=O)c1ccnc(Cl)c1. The number of rotatable bonds is 5. The van der Waals surface area contributed by atoms with E-state index in [1.54, 1.807) is 30.3 Å². The van der Waals surface area contributed by atoms with Crippen LogP contribution in [0.5, 0.6) is 0 Å². The topological polar surface area (TPSA) is 36.4 Å². The van der Waals surface area contributed by atoms with Gasteiger partial charge in [-0.25, -0.2) is 4.98 Å². The van der Waals surface area contributed by atoms with Crippen LogP contribution >= 0.6 is 11.6 Å². The minimum Gasteiger partial charge on any atom is -0.342 e. The Balaban J connectivity index is 2.52. The molecule has 0 saturated heterocycles. The molecule has 0 N–H and O–H groups in total. The van der Waals surface area contributed by atoms with Gasteiger partial charge in [0.1, 0.15) is 5.15 Å². The summed E-state index contributed by atoms with van der Waals surface area (Å²) < 4.78 is 0. The van der Waals surface area contributed by atoms with Gasteiger partial charge in [-0.2, -0.15) is 0 Å². The molecule has 1 rings (SSSR count). The van der Waals surface area contributed by atoms with Crippen LogP contribution < -0.4 is 0 Å². The molecule has 0 radical (unpaired) electrons. The van der Waals surface area contributed by atoms with Crippen molar-refractivity contribution < 1.29 is 4.79 Å². The Morgan fingerprint density at radius 2 is 2.06 bits per heavy atom. The maximum Gasteiger partial charge on any atom is 0.253 e.